The minimum atomic E-state index is 0.567. The van der Waals surface area contributed by atoms with Gasteiger partial charge < -0.3 is 16.0 Å². The zero-order chi connectivity index (χ0) is 21.8. The first kappa shape index (κ1) is 23.3. The summed E-state index contributed by atoms with van der Waals surface area (Å²) in [4.78, 5) is 0. The van der Waals surface area contributed by atoms with Crippen LogP contribution in [0.15, 0.2) is 52.9 Å². The Morgan fingerprint density at radius 3 is 2.50 bits per heavy atom. The van der Waals surface area contributed by atoms with Crippen LogP contribution in [0.1, 0.15) is 43.4 Å². The molecule has 6 heteroatoms. The van der Waals surface area contributed by atoms with Crippen LogP contribution in [0.2, 0.25) is 0 Å². The van der Waals surface area contributed by atoms with Crippen molar-refractivity contribution >= 4 is 27.3 Å². The second-order valence-corrected chi connectivity index (χ2v) is 7.69. The van der Waals surface area contributed by atoms with E-state index in [4.69, 9.17) is 16.4 Å². The van der Waals surface area contributed by atoms with Gasteiger partial charge >= 0.3 is 0 Å². The lowest BCUT2D eigenvalue weighted by molar-refractivity contribution is 0.306. The van der Waals surface area contributed by atoms with Crippen molar-refractivity contribution in [2.45, 2.75) is 46.1 Å². The number of hydrogen-bond donors (Lipinski definition) is 3. The molecular weight excluding hydrogens is 392 g/mol. The van der Waals surface area contributed by atoms with Crippen molar-refractivity contribution in [1.29, 1.82) is 0 Å². The molecule has 0 aliphatic rings. The van der Waals surface area contributed by atoms with Gasteiger partial charge in [-0.25, -0.2) is 5.84 Å². The minimum Gasteiger partial charge on any atom is -0.489 e. The number of aryl methyl sites for hydroxylation is 2. The highest BCUT2D eigenvalue weighted by molar-refractivity contribution is 7.17. The summed E-state index contributed by atoms with van der Waals surface area (Å²) in [5.74, 6) is 14.3. The Morgan fingerprint density at radius 2 is 1.87 bits per heavy atom. The summed E-state index contributed by atoms with van der Waals surface area (Å²) >= 11 is 1.82. The van der Waals surface area contributed by atoms with E-state index >= 15 is 0 Å². The zero-order valence-electron chi connectivity index (χ0n) is 17.7. The molecule has 1 heterocycles. The maximum absolute atomic E-state index is 5.97. The van der Waals surface area contributed by atoms with E-state index in [1.807, 2.05) is 23.5 Å². The number of nitrogens with two attached hydrogens (primary N) is 2. The number of nitrogens with zero attached hydrogens (tertiary/aromatic N) is 1. The Bertz CT molecular complexity index is 987. The number of fused-ring (bicyclic) bond motifs is 1. The largest absolute Gasteiger partial charge is 0.489 e. The molecule has 0 radical (unpaired) electrons. The number of terminal acetylenes is 1. The van der Waals surface area contributed by atoms with Crippen molar-refractivity contribution in [1.82, 2.24) is 5.43 Å². The Morgan fingerprint density at radius 1 is 1.17 bits per heavy atom. The van der Waals surface area contributed by atoms with Crippen molar-refractivity contribution in [3.05, 3.63) is 64.5 Å². The number of thiophene rings is 1. The number of benzene rings is 2. The Labute approximate surface area is 183 Å². The summed E-state index contributed by atoms with van der Waals surface area (Å²) in [5, 5.41) is 7.24. The van der Waals surface area contributed by atoms with Crippen LogP contribution in [0, 0.1) is 12.3 Å². The van der Waals surface area contributed by atoms with Crippen LogP contribution in [0.4, 0.5) is 0 Å². The summed E-state index contributed by atoms with van der Waals surface area (Å²) in [6.07, 6.45) is 8.38. The van der Waals surface area contributed by atoms with Gasteiger partial charge in [-0.3, -0.25) is 0 Å². The van der Waals surface area contributed by atoms with Crippen molar-refractivity contribution in [2.24, 2.45) is 16.8 Å². The molecule has 3 rings (SSSR count). The molecule has 0 unspecified atom stereocenters. The third-order valence-corrected chi connectivity index (χ3v) is 5.55. The van der Waals surface area contributed by atoms with E-state index in [1.54, 1.807) is 6.92 Å². The number of hydrazone groups is 1. The first-order chi connectivity index (χ1) is 14.6. The summed E-state index contributed by atoms with van der Waals surface area (Å²) in [6, 6.07) is 14.7. The van der Waals surface area contributed by atoms with Crippen LogP contribution in [-0.4, -0.2) is 5.84 Å². The van der Waals surface area contributed by atoms with Gasteiger partial charge in [-0.05, 0) is 71.5 Å². The van der Waals surface area contributed by atoms with Gasteiger partial charge in [0.05, 0.1) is 0 Å². The second-order valence-electron chi connectivity index (χ2n) is 6.78. The van der Waals surface area contributed by atoms with Crippen LogP contribution in [0.5, 0.6) is 5.75 Å². The van der Waals surface area contributed by atoms with E-state index in [0.29, 0.717) is 18.9 Å². The number of hydrazine groups is 1. The first-order valence-electron chi connectivity index (χ1n) is 9.96. The number of amidine groups is 1. The number of nitrogens with one attached hydrogen (secondary N) is 1. The third-order valence-electron chi connectivity index (χ3n) is 4.54. The van der Waals surface area contributed by atoms with Gasteiger partial charge in [0.15, 0.2) is 0 Å². The Hall–Kier alpha value is -3.01. The molecule has 0 aliphatic carbocycles. The number of ether oxygens (including phenoxy) is 1. The van der Waals surface area contributed by atoms with E-state index in [1.165, 1.54) is 33.2 Å². The fraction of sp³-hybridized carbons (Fsp3) is 0.292. The molecule has 0 saturated heterocycles. The molecule has 0 atom stereocenters. The maximum Gasteiger partial charge on any atom is 0.136 e. The van der Waals surface area contributed by atoms with Gasteiger partial charge in [-0.15, -0.1) is 23.7 Å². The standard InChI is InChI=1S/C21H26N4OS.C3H4/c1-2-3-17-14-27-20-10-6-16(12-19(17)20)13-26-18-8-4-15(5-9-18)7-11-21(24-22)25-23;1-3-2/h4-6,8-10,12,14H,2-3,7,11,13,22-23H2,1H3,(H,24,25);1H,2H3. The molecule has 5 nitrogen and oxygen atoms in total. The fourth-order valence-corrected chi connectivity index (χ4v) is 4.02. The average molecular weight is 423 g/mol. The van der Waals surface area contributed by atoms with Crippen molar-refractivity contribution in [2.75, 3.05) is 0 Å². The fourth-order valence-electron chi connectivity index (χ4n) is 3.04. The van der Waals surface area contributed by atoms with Gasteiger partial charge in [-0.1, -0.05) is 31.5 Å². The number of hydrogen-bond acceptors (Lipinski definition) is 5. The highest BCUT2D eigenvalue weighted by atomic mass is 32.1. The van der Waals surface area contributed by atoms with Crippen molar-refractivity contribution in [3.8, 4) is 18.1 Å². The van der Waals surface area contributed by atoms with Gasteiger partial charge in [0, 0.05) is 11.1 Å². The van der Waals surface area contributed by atoms with Crippen LogP contribution >= 0.6 is 11.3 Å². The lowest BCUT2D eigenvalue weighted by Gasteiger charge is -2.09. The van der Waals surface area contributed by atoms with E-state index < -0.39 is 0 Å². The molecule has 2 aromatic carbocycles. The molecule has 0 bridgehead atoms. The summed E-state index contributed by atoms with van der Waals surface area (Å²) in [7, 11) is 0. The van der Waals surface area contributed by atoms with E-state index in [-0.39, 0.29) is 0 Å². The molecule has 0 fully saturated rings. The topological polar surface area (TPSA) is 85.7 Å². The zero-order valence-corrected chi connectivity index (χ0v) is 18.5. The lowest BCUT2D eigenvalue weighted by Crippen LogP contribution is -2.31. The number of rotatable bonds is 8. The molecule has 5 N–H and O–H groups in total. The average Bonchev–Trinajstić information content (AvgIpc) is 3.17. The molecule has 0 spiro atoms. The molecule has 0 amide bonds. The quantitative estimate of drug-likeness (QED) is 0.161. The highest BCUT2D eigenvalue weighted by Gasteiger charge is 2.05. The summed E-state index contributed by atoms with van der Waals surface area (Å²) < 4.78 is 7.31. The molecule has 0 saturated carbocycles. The van der Waals surface area contributed by atoms with Crippen LogP contribution in [0.25, 0.3) is 10.1 Å². The predicted octanol–water partition coefficient (Wildman–Crippen LogP) is 4.74. The predicted molar refractivity (Wildman–Crippen MR) is 128 cm³/mol. The summed E-state index contributed by atoms with van der Waals surface area (Å²) in [5.41, 5.74) is 6.31. The van der Waals surface area contributed by atoms with Gasteiger partial charge in [-0.2, -0.15) is 5.10 Å². The van der Waals surface area contributed by atoms with Crippen LogP contribution in [0.3, 0.4) is 0 Å². The van der Waals surface area contributed by atoms with Crippen LogP contribution < -0.4 is 21.8 Å². The summed E-state index contributed by atoms with van der Waals surface area (Å²) in [6.45, 7) is 4.44. The molecule has 1 aromatic heterocycles. The van der Waals surface area contributed by atoms with Crippen molar-refractivity contribution in [3.63, 3.8) is 0 Å². The third kappa shape index (κ3) is 6.80. The molecule has 3 aromatic rings. The Kier molecular flexibility index (Phi) is 9.72. The van der Waals surface area contributed by atoms with Gasteiger partial charge in [0.2, 0.25) is 0 Å². The maximum atomic E-state index is 5.97. The Balaban J connectivity index is 0.00000101. The first-order valence-corrected chi connectivity index (χ1v) is 10.8. The van der Waals surface area contributed by atoms with Gasteiger partial charge in [0.25, 0.3) is 0 Å². The van der Waals surface area contributed by atoms with E-state index in [2.05, 4.69) is 65.5 Å². The second kappa shape index (κ2) is 12.5. The van der Waals surface area contributed by atoms with E-state index in [0.717, 1.165) is 18.6 Å². The lowest BCUT2D eigenvalue weighted by atomic mass is 10.1. The molecule has 30 heavy (non-hydrogen) atoms. The van der Waals surface area contributed by atoms with E-state index in [9.17, 15) is 0 Å². The normalized spacial score (nSPS) is 10.8. The van der Waals surface area contributed by atoms with Crippen molar-refractivity contribution < 1.29 is 4.74 Å². The SMILES string of the molecule is C#CC.CCCc1csc2ccc(COc3ccc(CC/C(=N/N)NN)cc3)cc12. The molecular formula is C24H30N4OS. The monoisotopic (exact) mass is 422 g/mol. The minimum absolute atomic E-state index is 0.567. The smallest absolute Gasteiger partial charge is 0.136 e. The van der Waals surface area contributed by atoms with Crippen LogP contribution in [-0.2, 0) is 19.4 Å². The highest BCUT2D eigenvalue weighted by Crippen LogP contribution is 2.28. The van der Waals surface area contributed by atoms with Gasteiger partial charge in [0.1, 0.15) is 18.2 Å². The molecule has 0 aliphatic heterocycles. The molecule has 158 valence electrons.